The quantitative estimate of drug-likeness (QED) is 0.0361. The summed E-state index contributed by atoms with van der Waals surface area (Å²) < 4.78 is 12.0. The summed E-state index contributed by atoms with van der Waals surface area (Å²) in [6.45, 7) is 13.3. The van der Waals surface area contributed by atoms with Crippen LogP contribution in [-0.2, 0) is 59.0 Å². The smallest absolute Gasteiger partial charge is 0.326 e. The van der Waals surface area contributed by atoms with Gasteiger partial charge in [0.15, 0.2) is 0 Å². The second-order valence-corrected chi connectivity index (χ2v) is 22.7. The van der Waals surface area contributed by atoms with Crippen LogP contribution in [0, 0.1) is 23.7 Å². The molecule has 0 aliphatic carbocycles. The Bertz CT molecular complexity index is 2650. The number of carbonyl (C=O) groups is 11. The number of carbonyl (C=O) groups excluding carboxylic acids is 10. The number of ether oxygens (including phenoxy) is 2. The molecule has 2 heterocycles. The molecule has 1 fully saturated rings. The van der Waals surface area contributed by atoms with Gasteiger partial charge in [-0.1, -0.05) is 97.7 Å². The molecule has 2 aliphatic heterocycles. The number of primary amides is 1. The van der Waals surface area contributed by atoms with Gasteiger partial charge in [0, 0.05) is 77.1 Å². The minimum Gasteiger partial charge on any atom is -0.480 e. The van der Waals surface area contributed by atoms with E-state index >= 15 is 0 Å². The maximum atomic E-state index is 14.7. The summed E-state index contributed by atoms with van der Waals surface area (Å²) in [6.07, 6.45) is 4.33. The first-order valence-electron chi connectivity index (χ1n) is 29.4. The van der Waals surface area contributed by atoms with Gasteiger partial charge in [-0.2, -0.15) is 0 Å². The van der Waals surface area contributed by atoms with Crippen molar-refractivity contribution in [2.75, 3.05) is 46.2 Å². The summed E-state index contributed by atoms with van der Waals surface area (Å²) in [6, 6.07) is 8.55. The number of likely N-dealkylation sites (tertiary alicyclic amines) is 1. The molecule has 0 spiro atoms. The Morgan fingerprint density at radius 1 is 0.765 bits per heavy atom. The van der Waals surface area contributed by atoms with E-state index in [0.29, 0.717) is 45.1 Å². The van der Waals surface area contributed by atoms with Gasteiger partial charge in [0.25, 0.3) is 17.7 Å². The van der Waals surface area contributed by atoms with Crippen molar-refractivity contribution in [1.82, 2.24) is 41.3 Å². The van der Waals surface area contributed by atoms with Crippen molar-refractivity contribution in [3.8, 4) is 0 Å². The molecule has 0 aromatic heterocycles. The number of amides is 11. The largest absolute Gasteiger partial charge is 0.480 e. The highest BCUT2D eigenvalue weighted by atomic mass is 16.5. The van der Waals surface area contributed by atoms with Gasteiger partial charge < -0.3 is 62.0 Å². The number of hydrogen-bond acceptors (Lipinski definition) is 13. The molecule has 9 N–H and O–H groups in total. The van der Waals surface area contributed by atoms with E-state index in [1.807, 2.05) is 19.9 Å². The molecule has 2 aliphatic rings. The third-order valence-corrected chi connectivity index (χ3v) is 15.8. The number of anilines is 1. The molecule has 0 bridgehead atoms. The maximum absolute atomic E-state index is 14.7. The van der Waals surface area contributed by atoms with Crippen LogP contribution in [0.25, 0.3) is 0 Å². The predicted molar refractivity (Wildman–Crippen MR) is 317 cm³/mol. The van der Waals surface area contributed by atoms with Crippen molar-refractivity contribution in [3.05, 3.63) is 77.9 Å². The van der Waals surface area contributed by atoms with Gasteiger partial charge in [0.2, 0.25) is 35.4 Å². The van der Waals surface area contributed by atoms with Gasteiger partial charge in [0.1, 0.15) is 24.2 Å². The third-order valence-electron chi connectivity index (χ3n) is 15.8. The lowest BCUT2D eigenvalue weighted by Crippen LogP contribution is -2.58. The second kappa shape index (κ2) is 34.3. The second-order valence-electron chi connectivity index (χ2n) is 22.7. The normalized spacial score (nSPS) is 17.2. The molecular weight excluding hydrogens is 1100 g/mol. The first-order chi connectivity index (χ1) is 40.3. The number of nitrogens with one attached hydrogen (secondary N) is 6. The fraction of sp³-hybridized carbons (Fsp3) is 0.590. The Morgan fingerprint density at radius 2 is 1.42 bits per heavy atom. The SMILES string of the molecule is CCC(C)C(C(CC(=O)N1CCCC1C(OC)C(C)C(=O)NC(Cc1ccccc1)C(=O)O)OC)N(C)C(=O)[C@@H](NC(=O)c1cccc(NC(=O)[C@H](CCCNC(N)=O)NC(=O)C(NC(=O)CCCCCN2C(=O)C=CC2=O)C(C)C)c1)C(C)C. The molecular formula is C61H90N10O14. The van der Waals surface area contributed by atoms with Crippen LogP contribution >= 0.6 is 0 Å². The molecule has 10 atom stereocenters. The minimum absolute atomic E-state index is 0.0380. The first kappa shape index (κ1) is 69.8. The summed E-state index contributed by atoms with van der Waals surface area (Å²) in [4.78, 5) is 150. The zero-order valence-electron chi connectivity index (χ0n) is 50.9. The van der Waals surface area contributed by atoms with Gasteiger partial charge in [-0.3, -0.25) is 48.1 Å². The fourth-order valence-corrected chi connectivity index (χ4v) is 10.8. The zero-order chi connectivity index (χ0) is 63.1. The van der Waals surface area contributed by atoms with E-state index in [1.165, 1.54) is 49.5 Å². The van der Waals surface area contributed by atoms with Gasteiger partial charge in [-0.25, -0.2) is 9.59 Å². The molecule has 2 aromatic carbocycles. The van der Waals surface area contributed by atoms with Crippen LogP contribution in [0.1, 0.15) is 129 Å². The van der Waals surface area contributed by atoms with Crippen LogP contribution in [0.15, 0.2) is 66.7 Å². The highest BCUT2D eigenvalue weighted by Gasteiger charge is 2.43. The number of unbranched alkanes of at least 4 members (excludes halogenated alkanes) is 2. The van der Waals surface area contributed by atoms with Crippen molar-refractivity contribution < 1.29 is 67.3 Å². The minimum atomic E-state index is -1.19. The van der Waals surface area contributed by atoms with Crippen LogP contribution in [0.4, 0.5) is 10.5 Å². The molecule has 2 aromatic rings. The lowest BCUT2D eigenvalue weighted by Gasteiger charge is -2.40. The highest BCUT2D eigenvalue weighted by molar-refractivity contribution is 6.12. The summed E-state index contributed by atoms with van der Waals surface area (Å²) in [5.74, 6) is -7.40. The predicted octanol–water partition coefficient (Wildman–Crippen LogP) is 3.67. The molecule has 24 nitrogen and oxygen atoms in total. The molecule has 24 heteroatoms. The number of benzene rings is 2. The number of imide groups is 1. The van der Waals surface area contributed by atoms with Gasteiger partial charge >= 0.3 is 12.0 Å². The number of methoxy groups -OCH3 is 2. The molecule has 1 saturated heterocycles. The number of carboxylic acids is 1. The van der Waals surface area contributed by atoms with E-state index in [-0.39, 0.29) is 80.1 Å². The molecule has 11 amide bonds. The Balaban J connectivity index is 1.44. The lowest BCUT2D eigenvalue weighted by molar-refractivity contribution is -0.147. The number of aliphatic carboxylic acids is 1. The van der Waals surface area contributed by atoms with Gasteiger partial charge in [-0.15, -0.1) is 0 Å². The number of urea groups is 1. The van der Waals surface area contributed by atoms with E-state index in [0.717, 1.165) is 10.5 Å². The number of nitrogens with two attached hydrogens (primary N) is 1. The van der Waals surface area contributed by atoms with Crippen LogP contribution in [0.2, 0.25) is 0 Å². The Labute approximate surface area is 498 Å². The number of hydrogen-bond donors (Lipinski definition) is 8. The van der Waals surface area contributed by atoms with Crippen molar-refractivity contribution >= 4 is 70.9 Å². The highest BCUT2D eigenvalue weighted by Crippen LogP contribution is 2.30. The number of nitrogens with zero attached hydrogens (tertiary/aromatic N) is 3. The van der Waals surface area contributed by atoms with Crippen molar-refractivity contribution in [1.29, 1.82) is 0 Å². The molecule has 0 saturated carbocycles. The van der Waals surface area contributed by atoms with Crippen LogP contribution in [0.5, 0.6) is 0 Å². The zero-order valence-corrected chi connectivity index (χ0v) is 50.9. The Kier molecular flexibility index (Phi) is 28.1. The van der Waals surface area contributed by atoms with Gasteiger partial charge in [0.05, 0.1) is 36.6 Å². The Hall–Kier alpha value is -7.73. The third kappa shape index (κ3) is 20.8. The average Bonchev–Trinajstić information content (AvgIpc) is 4.16. The van der Waals surface area contributed by atoms with Crippen molar-refractivity contribution in [2.24, 2.45) is 29.4 Å². The molecule has 85 heavy (non-hydrogen) atoms. The number of rotatable bonds is 35. The van der Waals surface area contributed by atoms with Crippen molar-refractivity contribution in [2.45, 2.75) is 168 Å². The maximum Gasteiger partial charge on any atom is 0.326 e. The van der Waals surface area contributed by atoms with Crippen LogP contribution in [0.3, 0.4) is 0 Å². The van der Waals surface area contributed by atoms with Crippen LogP contribution in [-0.4, -0.2) is 174 Å². The summed E-state index contributed by atoms with van der Waals surface area (Å²) >= 11 is 0. The summed E-state index contributed by atoms with van der Waals surface area (Å²) in [5.41, 5.74) is 6.27. The van der Waals surface area contributed by atoms with E-state index < -0.39 is 114 Å². The number of likely N-dealkylation sites (N-methyl/N-ethyl adjacent to an activating group) is 1. The fourth-order valence-electron chi connectivity index (χ4n) is 10.8. The Morgan fingerprint density at radius 3 is 2.02 bits per heavy atom. The van der Waals surface area contributed by atoms with Crippen LogP contribution < -0.4 is 37.6 Å². The average molecular weight is 1190 g/mol. The summed E-state index contributed by atoms with van der Waals surface area (Å²) in [5, 5.41) is 26.3. The monoisotopic (exact) mass is 1190 g/mol. The molecule has 4 rings (SSSR count). The lowest BCUT2D eigenvalue weighted by atomic mass is 9.89. The number of carboxylic acid groups (broad SMARTS) is 1. The molecule has 468 valence electrons. The van der Waals surface area contributed by atoms with E-state index in [1.54, 1.807) is 76.9 Å². The van der Waals surface area contributed by atoms with E-state index in [2.05, 4.69) is 31.9 Å². The van der Waals surface area contributed by atoms with Crippen molar-refractivity contribution in [3.63, 3.8) is 0 Å². The van der Waals surface area contributed by atoms with E-state index in [4.69, 9.17) is 15.2 Å². The molecule has 8 unspecified atom stereocenters. The summed E-state index contributed by atoms with van der Waals surface area (Å²) in [7, 11) is 4.54. The first-order valence-corrected chi connectivity index (χ1v) is 29.4. The molecule has 0 radical (unpaired) electrons. The topological polar surface area (TPSA) is 334 Å². The van der Waals surface area contributed by atoms with Gasteiger partial charge in [-0.05, 0) is 80.0 Å². The standard InChI is InChI=1S/C61H90N10O14/c1-11-38(6)53(46(84-9)35-50(75)70-32-20-26-45(70)54(85-10)39(7)55(76)66-44(60(81)82)33-40-21-14-12-15-22-40)69(8)59(80)52(37(4)5)68-56(77)41-23-18-24-42(34-41)64-57(78)43(25-19-30-63-61(62)83)65-58(79)51(36(2)3)67-47(72)27-16-13-17-31-71-48(73)28-29-49(71)74/h12,14-15,18,21-24,28-29,34,36-39,43-46,51-54H,11,13,16-17,19-20,25-27,30-33,35H2,1-10H3,(H,64,78)(H,65,79)(H,66,76)(H,67,72)(H,68,77)(H,81,82)(H3,62,63,83)/t38?,39?,43-,44?,45?,46?,51?,52-,53?,54?/m0/s1. The van der Waals surface area contributed by atoms with E-state index in [9.17, 15) is 57.8 Å².